The number of ether oxygens (including phenoxy) is 1. The van der Waals surface area contributed by atoms with Crippen LogP contribution >= 0.6 is 35.3 Å². The maximum absolute atomic E-state index is 5.51. The van der Waals surface area contributed by atoms with Gasteiger partial charge in [-0.15, -0.1) is 35.3 Å². The number of halogens is 1. The fourth-order valence-corrected chi connectivity index (χ4v) is 3.93. The van der Waals surface area contributed by atoms with Crippen LogP contribution in [0.5, 0.6) is 0 Å². The minimum Gasteiger partial charge on any atom is -0.379 e. The van der Waals surface area contributed by atoms with Crippen molar-refractivity contribution in [2.45, 2.75) is 19.5 Å². The summed E-state index contributed by atoms with van der Waals surface area (Å²) in [6.07, 6.45) is 0. The van der Waals surface area contributed by atoms with Crippen LogP contribution in [0.2, 0.25) is 0 Å². The van der Waals surface area contributed by atoms with Gasteiger partial charge in [0.2, 0.25) is 0 Å². The molecule has 8 heteroatoms. The SMILES string of the molecule is CN=C(NCc1cccc(C)n1)NCC(c1cccs1)N1CCOCC1.I. The molecule has 2 N–H and O–H groups in total. The highest BCUT2D eigenvalue weighted by molar-refractivity contribution is 14.0. The molecule has 1 aliphatic rings. The Hall–Kier alpha value is -1.23. The van der Waals surface area contributed by atoms with Gasteiger partial charge < -0.3 is 15.4 Å². The van der Waals surface area contributed by atoms with Gasteiger partial charge in [-0.2, -0.15) is 0 Å². The lowest BCUT2D eigenvalue weighted by Crippen LogP contribution is -2.46. The molecule has 0 radical (unpaired) electrons. The maximum Gasteiger partial charge on any atom is 0.191 e. The molecular formula is C19H28IN5OS. The summed E-state index contributed by atoms with van der Waals surface area (Å²) in [6, 6.07) is 10.7. The molecule has 3 rings (SSSR count). The molecule has 1 atom stereocenters. The van der Waals surface area contributed by atoms with Crippen LogP contribution in [0.3, 0.4) is 0 Å². The molecule has 2 aromatic rings. The summed E-state index contributed by atoms with van der Waals surface area (Å²) in [7, 11) is 1.80. The minimum atomic E-state index is 0. The number of thiophene rings is 1. The maximum atomic E-state index is 5.51. The van der Waals surface area contributed by atoms with Crippen molar-refractivity contribution in [3.63, 3.8) is 0 Å². The fourth-order valence-electron chi connectivity index (χ4n) is 3.07. The second kappa shape index (κ2) is 11.6. The number of rotatable bonds is 6. The normalized spacial score (nSPS) is 16.4. The summed E-state index contributed by atoms with van der Waals surface area (Å²) >= 11 is 1.80. The molecular weight excluding hydrogens is 473 g/mol. The zero-order chi connectivity index (χ0) is 18.2. The molecule has 6 nitrogen and oxygen atoms in total. The van der Waals surface area contributed by atoms with E-state index in [1.54, 1.807) is 18.4 Å². The van der Waals surface area contributed by atoms with Gasteiger partial charge in [0.15, 0.2) is 5.96 Å². The Morgan fingerprint density at radius 2 is 2.07 bits per heavy atom. The van der Waals surface area contributed by atoms with Gasteiger partial charge in [0, 0.05) is 37.3 Å². The number of aromatic nitrogens is 1. The number of hydrogen-bond acceptors (Lipinski definition) is 5. The van der Waals surface area contributed by atoms with Gasteiger partial charge in [-0.3, -0.25) is 14.9 Å². The molecule has 148 valence electrons. The summed E-state index contributed by atoms with van der Waals surface area (Å²) in [4.78, 5) is 12.7. The Morgan fingerprint density at radius 1 is 1.26 bits per heavy atom. The number of hydrogen-bond donors (Lipinski definition) is 2. The van der Waals surface area contributed by atoms with Crippen molar-refractivity contribution < 1.29 is 4.74 Å². The summed E-state index contributed by atoms with van der Waals surface area (Å²) < 4.78 is 5.51. The predicted molar refractivity (Wildman–Crippen MR) is 122 cm³/mol. The van der Waals surface area contributed by atoms with Gasteiger partial charge in [-0.05, 0) is 30.5 Å². The molecule has 27 heavy (non-hydrogen) atoms. The van der Waals surface area contributed by atoms with E-state index in [9.17, 15) is 0 Å². The molecule has 3 heterocycles. The third-order valence-electron chi connectivity index (χ3n) is 4.43. The van der Waals surface area contributed by atoms with E-state index in [0.717, 1.165) is 50.2 Å². The number of pyridine rings is 1. The van der Waals surface area contributed by atoms with Crippen LogP contribution in [-0.4, -0.2) is 55.7 Å². The lowest BCUT2D eigenvalue weighted by Gasteiger charge is -2.34. The molecule has 0 aromatic carbocycles. The molecule has 0 amide bonds. The van der Waals surface area contributed by atoms with Gasteiger partial charge >= 0.3 is 0 Å². The van der Waals surface area contributed by atoms with Gasteiger partial charge in [0.1, 0.15) is 0 Å². The van der Waals surface area contributed by atoms with E-state index in [2.05, 4.69) is 43.0 Å². The van der Waals surface area contributed by atoms with Gasteiger partial charge in [0.25, 0.3) is 0 Å². The number of morpholine rings is 1. The smallest absolute Gasteiger partial charge is 0.191 e. The van der Waals surface area contributed by atoms with E-state index in [1.807, 2.05) is 25.1 Å². The van der Waals surface area contributed by atoms with Crippen LogP contribution in [0.15, 0.2) is 40.7 Å². The predicted octanol–water partition coefficient (Wildman–Crippen LogP) is 2.81. The first-order chi connectivity index (χ1) is 12.8. The zero-order valence-corrected chi connectivity index (χ0v) is 19.0. The van der Waals surface area contributed by atoms with E-state index < -0.39 is 0 Å². The van der Waals surface area contributed by atoms with E-state index in [-0.39, 0.29) is 24.0 Å². The van der Waals surface area contributed by atoms with Crippen molar-refractivity contribution in [1.82, 2.24) is 20.5 Å². The lowest BCUT2D eigenvalue weighted by molar-refractivity contribution is 0.0177. The Kier molecular flexibility index (Phi) is 9.46. The Labute approximate surface area is 182 Å². The highest BCUT2D eigenvalue weighted by Gasteiger charge is 2.23. The molecule has 1 aliphatic heterocycles. The highest BCUT2D eigenvalue weighted by Crippen LogP contribution is 2.25. The molecule has 1 fully saturated rings. The van der Waals surface area contributed by atoms with Crippen molar-refractivity contribution in [3.05, 3.63) is 52.0 Å². The zero-order valence-electron chi connectivity index (χ0n) is 15.9. The number of guanidine groups is 1. The molecule has 1 saturated heterocycles. The third kappa shape index (κ3) is 6.70. The van der Waals surface area contributed by atoms with Crippen LogP contribution in [0.25, 0.3) is 0 Å². The first-order valence-corrected chi connectivity index (χ1v) is 9.86. The van der Waals surface area contributed by atoms with Crippen molar-refractivity contribution in [2.24, 2.45) is 4.99 Å². The number of aryl methyl sites for hydroxylation is 1. The second-order valence-electron chi connectivity index (χ2n) is 6.26. The minimum absolute atomic E-state index is 0. The first kappa shape index (κ1) is 22.1. The third-order valence-corrected chi connectivity index (χ3v) is 5.40. The van der Waals surface area contributed by atoms with Gasteiger partial charge in [-0.25, -0.2) is 0 Å². The van der Waals surface area contributed by atoms with Crippen LogP contribution in [0.4, 0.5) is 0 Å². The summed E-state index contributed by atoms with van der Waals surface area (Å²) in [5.74, 6) is 0.795. The molecule has 0 spiro atoms. The summed E-state index contributed by atoms with van der Waals surface area (Å²) in [5, 5.41) is 8.97. The van der Waals surface area contributed by atoms with Gasteiger partial charge in [0.05, 0.1) is 31.5 Å². The standard InChI is InChI=1S/C19H27N5OS.HI/c1-15-5-3-6-16(23-15)13-21-19(20-2)22-14-17(18-7-4-12-26-18)24-8-10-25-11-9-24;/h3-7,12,17H,8-11,13-14H2,1-2H3,(H2,20,21,22);1H. The first-order valence-electron chi connectivity index (χ1n) is 8.98. The van der Waals surface area contributed by atoms with E-state index in [4.69, 9.17) is 4.74 Å². The molecule has 0 saturated carbocycles. The number of aliphatic imine (C=N–C) groups is 1. The summed E-state index contributed by atoms with van der Waals surface area (Å²) in [5.41, 5.74) is 2.04. The van der Waals surface area contributed by atoms with Gasteiger partial charge in [-0.1, -0.05) is 12.1 Å². The molecule has 2 aromatic heterocycles. The number of nitrogens with one attached hydrogen (secondary N) is 2. The lowest BCUT2D eigenvalue weighted by atomic mass is 10.2. The topological polar surface area (TPSA) is 61.8 Å². The average molecular weight is 501 g/mol. The quantitative estimate of drug-likeness (QED) is 0.362. The molecule has 0 aliphatic carbocycles. The van der Waals surface area contributed by atoms with Crippen LogP contribution in [0, 0.1) is 6.92 Å². The summed E-state index contributed by atoms with van der Waals surface area (Å²) in [6.45, 7) is 6.99. The number of nitrogens with zero attached hydrogens (tertiary/aromatic N) is 3. The van der Waals surface area contributed by atoms with Crippen LogP contribution in [-0.2, 0) is 11.3 Å². The highest BCUT2D eigenvalue weighted by atomic mass is 127. The fraction of sp³-hybridized carbons (Fsp3) is 0.474. The van der Waals surface area contributed by atoms with Crippen molar-refractivity contribution in [2.75, 3.05) is 39.9 Å². The Morgan fingerprint density at radius 3 is 2.74 bits per heavy atom. The van der Waals surface area contributed by atoms with Crippen LogP contribution in [0.1, 0.15) is 22.3 Å². The van der Waals surface area contributed by atoms with Crippen molar-refractivity contribution >= 4 is 41.3 Å². The average Bonchev–Trinajstić information content (AvgIpc) is 3.20. The van der Waals surface area contributed by atoms with Crippen molar-refractivity contribution in [3.8, 4) is 0 Å². The molecule has 1 unspecified atom stereocenters. The van der Waals surface area contributed by atoms with Crippen molar-refractivity contribution in [1.29, 1.82) is 0 Å². The monoisotopic (exact) mass is 501 g/mol. The molecule has 0 bridgehead atoms. The van der Waals surface area contributed by atoms with E-state index in [1.165, 1.54) is 4.88 Å². The van der Waals surface area contributed by atoms with Crippen LogP contribution < -0.4 is 10.6 Å². The van der Waals surface area contributed by atoms with E-state index in [0.29, 0.717) is 12.6 Å². The largest absolute Gasteiger partial charge is 0.379 e. The Bertz CT molecular complexity index is 704. The second-order valence-corrected chi connectivity index (χ2v) is 7.24. The van der Waals surface area contributed by atoms with E-state index >= 15 is 0 Å². The Balaban J connectivity index is 0.00000261.